The van der Waals surface area contributed by atoms with Crippen molar-refractivity contribution in [2.45, 2.75) is 0 Å². The van der Waals surface area contributed by atoms with Crippen molar-refractivity contribution in [3.8, 4) is 28.6 Å². The SMILES string of the molecule is COc1cc(C(=O)N/N=C\c2ccc(-c3ccc(F)cc3)o2)cc(OC)c1OC. The minimum atomic E-state index is -0.467. The first kappa shape index (κ1) is 19.9. The van der Waals surface area contributed by atoms with Gasteiger partial charge in [0.15, 0.2) is 11.5 Å². The number of ether oxygens (including phenoxy) is 3. The van der Waals surface area contributed by atoms with Crippen LogP contribution in [-0.4, -0.2) is 33.5 Å². The number of hydrazone groups is 1. The topological polar surface area (TPSA) is 82.3 Å². The van der Waals surface area contributed by atoms with Crippen LogP contribution in [0, 0.1) is 5.82 Å². The van der Waals surface area contributed by atoms with E-state index in [1.54, 1.807) is 24.3 Å². The van der Waals surface area contributed by atoms with Gasteiger partial charge in [-0.15, -0.1) is 0 Å². The largest absolute Gasteiger partial charge is 0.493 e. The van der Waals surface area contributed by atoms with E-state index in [4.69, 9.17) is 18.6 Å². The molecule has 3 rings (SSSR count). The van der Waals surface area contributed by atoms with E-state index in [-0.39, 0.29) is 11.4 Å². The highest BCUT2D eigenvalue weighted by atomic mass is 19.1. The molecule has 1 heterocycles. The van der Waals surface area contributed by atoms with E-state index >= 15 is 0 Å². The molecule has 3 aromatic rings. The monoisotopic (exact) mass is 398 g/mol. The highest BCUT2D eigenvalue weighted by Gasteiger charge is 2.16. The number of halogens is 1. The van der Waals surface area contributed by atoms with Crippen LogP contribution in [0.2, 0.25) is 0 Å². The molecule has 0 radical (unpaired) electrons. The summed E-state index contributed by atoms with van der Waals surface area (Å²) >= 11 is 0. The second-order valence-corrected chi connectivity index (χ2v) is 5.82. The van der Waals surface area contributed by atoms with Gasteiger partial charge < -0.3 is 18.6 Å². The van der Waals surface area contributed by atoms with Crippen LogP contribution in [0.5, 0.6) is 17.2 Å². The second-order valence-electron chi connectivity index (χ2n) is 5.82. The van der Waals surface area contributed by atoms with Gasteiger partial charge in [-0.25, -0.2) is 9.82 Å². The van der Waals surface area contributed by atoms with Gasteiger partial charge in [-0.2, -0.15) is 5.10 Å². The summed E-state index contributed by atoms with van der Waals surface area (Å²) in [6.07, 6.45) is 1.36. The van der Waals surface area contributed by atoms with Crippen molar-refractivity contribution in [1.29, 1.82) is 0 Å². The lowest BCUT2D eigenvalue weighted by Gasteiger charge is -2.13. The summed E-state index contributed by atoms with van der Waals surface area (Å²) in [6, 6.07) is 12.4. The maximum Gasteiger partial charge on any atom is 0.271 e. The Hall–Kier alpha value is -3.81. The number of nitrogens with one attached hydrogen (secondary N) is 1. The predicted octanol–water partition coefficient (Wildman–Crippen LogP) is 3.88. The van der Waals surface area contributed by atoms with Crippen LogP contribution in [-0.2, 0) is 0 Å². The molecule has 1 amide bonds. The van der Waals surface area contributed by atoms with Gasteiger partial charge in [0.2, 0.25) is 5.75 Å². The number of hydrogen-bond acceptors (Lipinski definition) is 6. The Morgan fingerprint density at radius 2 is 1.66 bits per heavy atom. The Labute approximate surface area is 166 Å². The molecule has 0 aliphatic rings. The molecular weight excluding hydrogens is 379 g/mol. The van der Waals surface area contributed by atoms with Crippen molar-refractivity contribution in [3.05, 3.63) is 65.7 Å². The minimum Gasteiger partial charge on any atom is -0.493 e. The van der Waals surface area contributed by atoms with E-state index in [1.807, 2.05) is 0 Å². The Bertz CT molecular complexity index is 1000. The van der Waals surface area contributed by atoms with E-state index in [0.29, 0.717) is 28.8 Å². The fourth-order valence-electron chi connectivity index (χ4n) is 2.62. The van der Waals surface area contributed by atoms with E-state index in [2.05, 4.69) is 10.5 Å². The maximum absolute atomic E-state index is 13.0. The third-order valence-corrected chi connectivity index (χ3v) is 4.04. The zero-order chi connectivity index (χ0) is 20.8. The number of furan rings is 1. The van der Waals surface area contributed by atoms with Crippen molar-refractivity contribution in [1.82, 2.24) is 5.43 Å². The number of amides is 1. The lowest BCUT2D eigenvalue weighted by atomic mass is 10.1. The van der Waals surface area contributed by atoms with Gasteiger partial charge in [-0.05, 0) is 48.5 Å². The standard InChI is InChI=1S/C21H19FN2O5/c1-26-18-10-14(11-19(27-2)20(18)28-3)21(25)24-23-12-16-8-9-17(29-16)13-4-6-15(22)7-5-13/h4-12H,1-3H3,(H,24,25)/b23-12-. The summed E-state index contributed by atoms with van der Waals surface area (Å²) in [7, 11) is 4.41. The van der Waals surface area contributed by atoms with Gasteiger partial charge in [-0.3, -0.25) is 4.79 Å². The zero-order valence-electron chi connectivity index (χ0n) is 16.1. The van der Waals surface area contributed by atoms with Crippen molar-refractivity contribution >= 4 is 12.1 Å². The van der Waals surface area contributed by atoms with Crippen LogP contribution in [0.15, 0.2) is 58.0 Å². The van der Waals surface area contributed by atoms with Crippen LogP contribution in [0.1, 0.15) is 16.1 Å². The maximum atomic E-state index is 13.0. The molecule has 7 nitrogen and oxygen atoms in total. The van der Waals surface area contributed by atoms with Crippen LogP contribution < -0.4 is 19.6 Å². The van der Waals surface area contributed by atoms with Crippen LogP contribution in [0.25, 0.3) is 11.3 Å². The first-order chi connectivity index (χ1) is 14.0. The van der Waals surface area contributed by atoms with Crippen molar-refractivity contribution in [3.63, 3.8) is 0 Å². The molecule has 0 saturated heterocycles. The lowest BCUT2D eigenvalue weighted by Crippen LogP contribution is -2.18. The van der Waals surface area contributed by atoms with Gasteiger partial charge >= 0.3 is 0 Å². The molecular formula is C21H19FN2O5. The molecule has 1 aromatic heterocycles. The average Bonchev–Trinajstić information content (AvgIpc) is 3.21. The third-order valence-electron chi connectivity index (χ3n) is 4.04. The van der Waals surface area contributed by atoms with Crippen LogP contribution in [0.4, 0.5) is 4.39 Å². The third kappa shape index (κ3) is 4.55. The first-order valence-corrected chi connectivity index (χ1v) is 8.55. The molecule has 150 valence electrons. The molecule has 29 heavy (non-hydrogen) atoms. The molecule has 0 unspecified atom stereocenters. The Morgan fingerprint density at radius 1 is 1.00 bits per heavy atom. The second kappa shape index (κ2) is 8.92. The minimum absolute atomic E-state index is 0.281. The number of carbonyl (C=O) groups excluding carboxylic acids is 1. The average molecular weight is 398 g/mol. The number of methoxy groups -OCH3 is 3. The van der Waals surface area contributed by atoms with E-state index in [1.165, 1.54) is 51.8 Å². The summed E-state index contributed by atoms with van der Waals surface area (Å²) in [6.45, 7) is 0. The number of hydrogen-bond donors (Lipinski definition) is 1. The molecule has 0 atom stereocenters. The molecule has 0 bridgehead atoms. The van der Waals surface area contributed by atoms with Gasteiger partial charge in [-0.1, -0.05) is 0 Å². The molecule has 8 heteroatoms. The van der Waals surface area contributed by atoms with E-state index in [9.17, 15) is 9.18 Å². The quantitative estimate of drug-likeness (QED) is 0.483. The van der Waals surface area contributed by atoms with E-state index in [0.717, 1.165) is 5.56 Å². The Morgan fingerprint density at radius 3 is 2.24 bits per heavy atom. The fraction of sp³-hybridized carbons (Fsp3) is 0.143. The summed E-state index contributed by atoms with van der Waals surface area (Å²) in [4.78, 5) is 12.4. The summed E-state index contributed by atoms with van der Waals surface area (Å²) < 4.78 is 34.3. The normalized spacial score (nSPS) is 10.8. The summed E-state index contributed by atoms with van der Waals surface area (Å²) in [5.74, 6) is 1.30. The number of carbonyl (C=O) groups is 1. The van der Waals surface area contributed by atoms with Gasteiger partial charge in [0.05, 0.1) is 27.5 Å². The molecule has 0 spiro atoms. The highest BCUT2D eigenvalue weighted by molar-refractivity contribution is 5.96. The number of rotatable bonds is 7. The first-order valence-electron chi connectivity index (χ1n) is 8.55. The molecule has 0 aliphatic heterocycles. The lowest BCUT2D eigenvalue weighted by molar-refractivity contribution is 0.0954. The zero-order valence-corrected chi connectivity index (χ0v) is 16.1. The molecule has 0 saturated carbocycles. The van der Waals surface area contributed by atoms with E-state index < -0.39 is 5.91 Å². The van der Waals surface area contributed by atoms with Crippen LogP contribution in [0.3, 0.4) is 0 Å². The Kier molecular flexibility index (Phi) is 6.13. The molecule has 1 N–H and O–H groups in total. The van der Waals surface area contributed by atoms with Crippen LogP contribution >= 0.6 is 0 Å². The predicted molar refractivity (Wildman–Crippen MR) is 105 cm³/mol. The Balaban J connectivity index is 1.71. The smallest absolute Gasteiger partial charge is 0.271 e. The molecule has 0 aliphatic carbocycles. The van der Waals surface area contributed by atoms with Crippen molar-refractivity contribution < 1.29 is 27.8 Å². The van der Waals surface area contributed by atoms with Gasteiger partial charge in [0.25, 0.3) is 5.91 Å². The summed E-state index contributed by atoms with van der Waals surface area (Å²) in [5.41, 5.74) is 3.42. The van der Waals surface area contributed by atoms with Gasteiger partial charge in [0, 0.05) is 11.1 Å². The summed E-state index contributed by atoms with van der Waals surface area (Å²) in [5, 5.41) is 3.90. The number of nitrogens with zero attached hydrogens (tertiary/aromatic N) is 1. The van der Waals surface area contributed by atoms with Crippen molar-refractivity contribution in [2.75, 3.05) is 21.3 Å². The molecule has 0 fully saturated rings. The number of benzene rings is 2. The van der Waals surface area contributed by atoms with Crippen molar-refractivity contribution in [2.24, 2.45) is 5.10 Å². The highest BCUT2D eigenvalue weighted by Crippen LogP contribution is 2.38. The fourth-order valence-corrected chi connectivity index (χ4v) is 2.62. The molecule has 2 aromatic carbocycles. The van der Waals surface area contributed by atoms with Gasteiger partial charge in [0.1, 0.15) is 17.3 Å².